The Labute approximate surface area is 147 Å². The SMILES string of the molecule is CSc1ccc(CSCC(=O)Nc2ccccc2C(C)C)cc1. The summed E-state index contributed by atoms with van der Waals surface area (Å²) >= 11 is 3.38. The smallest absolute Gasteiger partial charge is 0.234 e. The van der Waals surface area contributed by atoms with Crippen molar-refractivity contribution in [3.8, 4) is 0 Å². The van der Waals surface area contributed by atoms with Crippen molar-refractivity contribution in [3.63, 3.8) is 0 Å². The van der Waals surface area contributed by atoms with Crippen molar-refractivity contribution in [1.82, 2.24) is 0 Å². The fourth-order valence-corrected chi connectivity index (χ4v) is 3.48. The minimum absolute atomic E-state index is 0.0591. The van der Waals surface area contributed by atoms with Crippen LogP contribution in [0.1, 0.15) is 30.9 Å². The Hall–Kier alpha value is -1.39. The first kappa shape index (κ1) is 18.0. The molecule has 0 heterocycles. The average molecular weight is 346 g/mol. The molecule has 0 aliphatic heterocycles. The second-order valence-corrected chi connectivity index (χ2v) is 7.50. The van der Waals surface area contributed by atoms with Crippen LogP contribution >= 0.6 is 23.5 Å². The molecule has 23 heavy (non-hydrogen) atoms. The van der Waals surface area contributed by atoms with Crippen molar-refractivity contribution in [2.24, 2.45) is 0 Å². The van der Waals surface area contributed by atoms with Gasteiger partial charge in [-0.25, -0.2) is 0 Å². The molecule has 0 aliphatic rings. The zero-order valence-electron chi connectivity index (χ0n) is 13.8. The van der Waals surface area contributed by atoms with Crippen LogP contribution in [0.3, 0.4) is 0 Å². The third-order valence-electron chi connectivity index (χ3n) is 3.52. The number of carbonyl (C=O) groups is 1. The lowest BCUT2D eigenvalue weighted by Crippen LogP contribution is -2.15. The van der Waals surface area contributed by atoms with E-state index in [0.717, 1.165) is 11.4 Å². The van der Waals surface area contributed by atoms with Gasteiger partial charge in [0, 0.05) is 16.3 Å². The molecule has 2 rings (SSSR count). The number of anilines is 1. The monoisotopic (exact) mass is 345 g/mol. The summed E-state index contributed by atoms with van der Waals surface area (Å²) in [6.45, 7) is 4.27. The van der Waals surface area contributed by atoms with Crippen LogP contribution in [0, 0.1) is 0 Å². The predicted molar refractivity (Wildman–Crippen MR) is 104 cm³/mol. The molecule has 0 spiro atoms. The fourth-order valence-electron chi connectivity index (χ4n) is 2.28. The lowest BCUT2D eigenvalue weighted by molar-refractivity contribution is -0.113. The van der Waals surface area contributed by atoms with Crippen LogP contribution < -0.4 is 5.32 Å². The van der Waals surface area contributed by atoms with Crippen LogP contribution in [0.2, 0.25) is 0 Å². The van der Waals surface area contributed by atoms with E-state index in [-0.39, 0.29) is 5.91 Å². The van der Waals surface area contributed by atoms with Crippen molar-refractivity contribution >= 4 is 35.1 Å². The molecule has 2 nitrogen and oxygen atoms in total. The van der Waals surface area contributed by atoms with E-state index in [0.29, 0.717) is 11.7 Å². The highest BCUT2D eigenvalue weighted by Gasteiger charge is 2.09. The van der Waals surface area contributed by atoms with E-state index in [9.17, 15) is 4.79 Å². The normalized spacial score (nSPS) is 10.8. The molecule has 0 saturated heterocycles. The van der Waals surface area contributed by atoms with Gasteiger partial charge in [-0.3, -0.25) is 4.79 Å². The van der Waals surface area contributed by atoms with Gasteiger partial charge in [0.1, 0.15) is 0 Å². The summed E-state index contributed by atoms with van der Waals surface area (Å²) in [4.78, 5) is 13.4. The Kier molecular flexibility index (Phi) is 7.06. The van der Waals surface area contributed by atoms with E-state index in [2.05, 4.69) is 55.8 Å². The van der Waals surface area contributed by atoms with Crippen LogP contribution in [-0.4, -0.2) is 17.9 Å². The topological polar surface area (TPSA) is 29.1 Å². The van der Waals surface area contributed by atoms with Gasteiger partial charge in [0.15, 0.2) is 0 Å². The van der Waals surface area contributed by atoms with E-state index >= 15 is 0 Å². The molecule has 4 heteroatoms. The molecule has 0 saturated carbocycles. The summed E-state index contributed by atoms with van der Waals surface area (Å²) < 4.78 is 0. The van der Waals surface area contributed by atoms with Gasteiger partial charge in [-0.05, 0) is 41.5 Å². The Morgan fingerprint density at radius 2 is 1.78 bits per heavy atom. The van der Waals surface area contributed by atoms with E-state index in [4.69, 9.17) is 0 Å². The quantitative estimate of drug-likeness (QED) is 0.681. The molecule has 0 unspecified atom stereocenters. The van der Waals surface area contributed by atoms with Crippen LogP contribution in [0.15, 0.2) is 53.4 Å². The molecule has 2 aromatic rings. The lowest BCUT2D eigenvalue weighted by atomic mass is 10.0. The summed E-state index contributed by atoms with van der Waals surface area (Å²) in [5, 5.41) is 3.03. The van der Waals surface area contributed by atoms with Gasteiger partial charge in [-0.1, -0.05) is 44.2 Å². The zero-order valence-corrected chi connectivity index (χ0v) is 15.5. The maximum atomic E-state index is 12.1. The summed E-state index contributed by atoms with van der Waals surface area (Å²) in [6.07, 6.45) is 2.07. The summed E-state index contributed by atoms with van der Waals surface area (Å²) in [6, 6.07) is 16.5. The molecular weight excluding hydrogens is 322 g/mol. The van der Waals surface area contributed by atoms with E-state index in [1.165, 1.54) is 16.0 Å². The summed E-state index contributed by atoms with van der Waals surface area (Å²) in [5.41, 5.74) is 3.36. The number of thioether (sulfide) groups is 2. The van der Waals surface area contributed by atoms with Crippen LogP contribution in [0.5, 0.6) is 0 Å². The molecule has 1 N–H and O–H groups in total. The molecule has 0 atom stereocenters. The van der Waals surface area contributed by atoms with Crippen molar-refractivity contribution in [2.45, 2.75) is 30.4 Å². The van der Waals surface area contributed by atoms with Crippen LogP contribution in [0.25, 0.3) is 0 Å². The Morgan fingerprint density at radius 1 is 1.09 bits per heavy atom. The van der Waals surface area contributed by atoms with E-state index in [1.54, 1.807) is 23.5 Å². The molecule has 0 bridgehead atoms. The van der Waals surface area contributed by atoms with Gasteiger partial charge in [-0.15, -0.1) is 23.5 Å². The molecule has 0 radical (unpaired) electrons. The van der Waals surface area contributed by atoms with Crippen LogP contribution in [-0.2, 0) is 10.5 Å². The number of hydrogen-bond acceptors (Lipinski definition) is 3. The lowest BCUT2D eigenvalue weighted by Gasteiger charge is -2.13. The van der Waals surface area contributed by atoms with Gasteiger partial charge >= 0.3 is 0 Å². The fraction of sp³-hybridized carbons (Fsp3) is 0.316. The van der Waals surface area contributed by atoms with Gasteiger partial charge in [0.2, 0.25) is 5.91 Å². The van der Waals surface area contributed by atoms with E-state index < -0.39 is 0 Å². The third kappa shape index (κ3) is 5.63. The first-order valence-corrected chi connectivity index (χ1v) is 10.1. The maximum Gasteiger partial charge on any atom is 0.234 e. The molecule has 0 aliphatic carbocycles. The number of nitrogens with one attached hydrogen (secondary N) is 1. The highest BCUT2D eigenvalue weighted by atomic mass is 32.2. The standard InChI is InChI=1S/C19H23NOS2/c1-14(2)17-6-4-5-7-18(17)20-19(21)13-23-12-15-8-10-16(22-3)11-9-15/h4-11,14H,12-13H2,1-3H3,(H,20,21). The minimum atomic E-state index is 0.0591. The zero-order chi connectivity index (χ0) is 16.7. The third-order valence-corrected chi connectivity index (χ3v) is 5.27. The van der Waals surface area contributed by atoms with Gasteiger partial charge in [0.25, 0.3) is 0 Å². The Morgan fingerprint density at radius 3 is 2.43 bits per heavy atom. The first-order valence-electron chi connectivity index (χ1n) is 7.69. The first-order chi connectivity index (χ1) is 11.1. The Balaban J connectivity index is 1.83. The number of para-hydroxylation sites is 1. The highest BCUT2D eigenvalue weighted by molar-refractivity contribution is 7.99. The molecule has 2 aromatic carbocycles. The Bertz CT molecular complexity index is 638. The highest BCUT2D eigenvalue weighted by Crippen LogP contribution is 2.24. The molecular formula is C19H23NOS2. The molecule has 1 amide bonds. The van der Waals surface area contributed by atoms with Gasteiger partial charge in [-0.2, -0.15) is 0 Å². The number of benzene rings is 2. The van der Waals surface area contributed by atoms with E-state index in [1.807, 2.05) is 18.2 Å². The second-order valence-electron chi connectivity index (χ2n) is 5.63. The second kappa shape index (κ2) is 9.04. The number of rotatable bonds is 7. The average Bonchev–Trinajstić information content (AvgIpc) is 2.56. The predicted octanol–water partition coefficient (Wildman–Crippen LogP) is 5.40. The van der Waals surface area contributed by atoms with Crippen molar-refractivity contribution in [3.05, 3.63) is 59.7 Å². The summed E-state index contributed by atoms with van der Waals surface area (Å²) in [5.74, 6) is 1.78. The molecule has 122 valence electrons. The van der Waals surface area contributed by atoms with Crippen molar-refractivity contribution < 1.29 is 4.79 Å². The minimum Gasteiger partial charge on any atom is -0.325 e. The molecule has 0 fully saturated rings. The number of hydrogen-bond donors (Lipinski definition) is 1. The number of carbonyl (C=O) groups excluding carboxylic acids is 1. The number of amides is 1. The van der Waals surface area contributed by atoms with Crippen LogP contribution in [0.4, 0.5) is 5.69 Å². The van der Waals surface area contributed by atoms with Gasteiger partial charge < -0.3 is 5.32 Å². The van der Waals surface area contributed by atoms with Crippen molar-refractivity contribution in [2.75, 3.05) is 17.3 Å². The van der Waals surface area contributed by atoms with Crippen molar-refractivity contribution in [1.29, 1.82) is 0 Å². The molecule has 0 aromatic heterocycles. The largest absolute Gasteiger partial charge is 0.325 e. The summed E-state index contributed by atoms with van der Waals surface area (Å²) in [7, 11) is 0. The van der Waals surface area contributed by atoms with Gasteiger partial charge in [0.05, 0.1) is 5.75 Å². The maximum absolute atomic E-state index is 12.1.